The molecule has 0 radical (unpaired) electrons. The Kier molecular flexibility index (Phi) is 58.4. The highest BCUT2D eigenvalue weighted by molar-refractivity contribution is 14.1. The van der Waals surface area contributed by atoms with E-state index in [1.807, 2.05) is 60.7 Å². The number of esters is 11. The van der Waals surface area contributed by atoms with Gasteiger partial charge in [-0.1, -0.05) is 6.92 Å². The SMILES string of the molecule is CC(COC(=O)c1cc(I)cc(I)c1I)(COC(=O)c1c(I)ccc(I)c1I)C(=O)OCCN1CCOCC1.CCC(COC(=O)c1cc(I)cc(I)c1I)(COC(=O)c1c(I)ccc(I)c1I)C(=O)OCCN1CCOCC1.O=C(OC12CC3CC(C1)CC(C(=O)OCCN1CCOCC1)(C3)C2)c1cc(I)cc(I)c1I.O=C(OCC(COC(=O)c1c(I)ccc(I)c1I)C(=O)OCCN1CCOCC1)c1cc(I)cc(I)c1I. The van der Waals surface area contributed by atoms with Crippen LogP contribution in [-0.4, -0.2) is 288 Å². The van der Waals surface area contributed by atoms with Crippen molar-refractivity contribution in [2.24, 2.45) is 34.0 Å². The number of hydrogen-bond donors (Lipinski definition) is 0. The van der Waals surface area contributed by atoms with Crippen LogP contribution >= 0.6 is 474 Å². The predicted molar refractivity (Wildman–Crippen MR) is 736 cm³/mol. The molecule has 0 amide bonds. The van der Waals surface area contributed by atoms with Gasteiger partial charge in [-0.15, -0.1) is 0 Å². The summed E-state index contributed by atoms with van der Waals surface area (Å²) in [6.45, 7) is 16.8. The van der Waals surface area contributed by atoms with E-state index in [1.165, 1.54) is 0 Å². The highest BCUT2D eigenvalue weighted by Crippen LogP contribution is 2.63. The number of benzene rings is 7. The number of ether oxygens (including phenoxy) is 15. The van der Waals surface area contributed by atoms with Crippen LogP contribution in [0.5, 0.6) is 0 Å². The van der Waals surface area contributed by atoms with Crippen molar-refractivity contribution in [3.05, 3.63) is 199 Å². The molecule has 7 aromatic carbocycles. The average Bonchev–Trinajstić information content (AvgIpc) is 0.712. The van der Waals surface area contributed by atoms with Gasteiger partial charge in [-0.25, -0.2) is 33.6 Å². The van der Waals surface area contributed by atoms with E-state index in [9.17, 15) is 52.7 Å². The Morgan fingerprint density at radius 3 is 0.987 bits per heavy atom. The molecule has 7 aromatic rings. The average molecular weight is 4420 g/mol. The number of carbonyl (C=O) groups is 11. The van der Waals surface area contributed by atoms with Crippen molar-refractivity contribution in [1.29, 1.82) is 0 Å². The summed E-state index contributed by atoms with van der Waals surface area (Å²) in [6.07, 6.45) is 5.47. The molecule has 4 saturated heterocycles. The van der Waals surface area contributed by atoms with Gasteiger partial charge in [0, 0.05) is 160 Å². The van der Waals surface area contributed by atoms with Crippen LogP contribution in [0.15, 0.2) is 84.9 Å². The van der Waals surface area contributed by atoms with E-state index in [0.717, 1.165) is 179 Å². The van der Waals surface area contributed by atoms with Gasteiger partial charge in [-0.2, -0.15) is 0 Å². The predicted octanol–water partition coefficient (Wildman–Crippen LogP) is 23.5. The zero-order valence-corrected chi connectivity index (χ0v) is 125. The van der Waals surface area contributed by atoms with Crippen LogP contribution in [0, 0.1) is 109 Å². The smallest absolute Gasteiger partial charge is 0.340 e. The molecule has 0 aromatic heterocycles. The van der Waals surface area contributed by atoms with Gasteiger partial charge in [0.1, 0.15) is 88.4 Å². The van der Waals surface area contributed by atoms with Crippen LogP contribution in [0.4, 0.5) is 0 Å². The first-order valence-electron chi connectivity index (χ1n) is 46.4. The number of rotatable bonds is 37. The Hall–Kier alpha value is 3.72. The second-order valence-corrected chi connectivity index (χ2v) is 59.9. The first-order chi connectivity index (χ1) is 71.3. The molecule has 5 unspecified atom stereocenters. The molecule has 4 bridgehead atoms. The third-order valence-corrected chi connectivity index (χ3v) is 51.6. The van der Waals surface area contributed by atoms with E-state index < -0.39 is 81.5 Å². The van der Waals surface area contributed by atoms with Crippen LogP contribution in [0.1, 0.15) is 131 Å². The lowest BCUT2D eigenvalue weighted by molar-refractivity contribution is -0.197. The summed E-state index contributed by atoms with van der Waals surface area (Å²) >= 11 is 45.1. The van der Waals surface area contributed by atoms with Crippen LogP contribution in [0.25, 0.3) is 0 Å². The molecule has 4 saturated carbocycles. The van der Waals surface area contributed by atoms with Crippen LogP contribution in [0.2, 0.25) is 0 Å². The zero-order valence-electron chi connectivity index (χ0n) is 79.8. The van der Waals surface area contributed by atoms with Gasteiger partial charge in [0.2, 0.25) is 0 Å². The highest BCUT2D eigenvalue weighted by atomic mass is 127. The summed E-state index contributed by atoms with van der Waals surface area (Å²) in [4.78, 5) is 154. The molecule has 8 aliphatic rings. The summed E-state index contributed by atoms with van der Waals surface area (Å²) in [5.74, 6) is -5.49. The molecule has 4 heterocycles. The van der Waals surface area contributed by atoms with Gasteiger partial charge in [-0.3, -0.25) is 38.8 Å². The van der Waals surface area contributed by atoms with Crippen molar-refractivity contribution in [2.45, 2.75) is 64.4 Å². The standard InChI is InChI=1S/C26H25I6NO7.C25H23I6NO7.C24H21I6NO7.C24H28I3NO5/c1-2-26(25(36)38-10-7-33-5-8-37-9-6-33,13-39-23(34)16-11-15(27)12-19(30)21(16)31)14-40-24(35)20-17(28)3-4-18(29)22(20)32;1-25(24(35)37-9-6-32-4-7-36-8-5-32,12-38-22(33)15-10-14(26)11-18(29)20(15)30)13-39-23(34)19-16(27)2-3-17(28)21(19)31;25-14-9-15(20(29)18(28)10-14)23(33)37-11-13(22(32)36-8-5-31-3-6-35-7-4-31)12-38-24(34)19-16(26)1-2-17(27)21(19)30;25-17-8-18(20(27)19(26)9-17)21(29)33-24-12-15-7-16(13-24)11-23(10-15,14-24)22(30)32-6-3-28-1-4-31-5-2-28/h3-4,11-12H,2,5-10,13-14H2,1H3;2-3,10-11H,4-9,12-13H2,1H3;1-2,9-10,13H,3-8,11-12H2;8-9,15-16H,1-7,10-14H2. The topological polar surface area (TPSA) is 339 Å². The number of carbonyl (C=O) groups excluding carboxylic acids is 11. The number of hydrogen-bond acceptors (Lipinski definition) is 30. The van der Waals surface area contributed by atoms with E-state index in [0.29, 0.717) is 123 Å². The maximum Gasteiger partial charge on any atom is 0.340 e. The van der Waals surface area contributed by atoms with Gasteiger partial charge < -0.3 is 71.1 Å². The molecule has 816 valence electrons. The van der Waals surface area contributed by atoms with Gasteiger partial charge in [0.15, 0.2) is 0 Å². The minimum absolute atomic E-state index is 0.0799. The minimum Gasteiger partial charge on any atom is -0.464 e. The summed E-state index contributed by atoms with van der Waals surface area (Å²) in [5.41, 5.74) is -0.612. The summed E-state index contributed by atoms with van der Waals surface area (Å²) in [7, 11) is 0. The summed E-state index contributed by atoms with van der Waals surface area (Å²) < 4.78 is 102. The van der Waals surface area contributed by atoms with Crippen molar-refractivity contribution in [3.63, 3.8) is 0 Å². The zero-order chi connectivity index (χ0) is 109. The van der Waals surface area contributed by atoms with Crippen LogP contribution < -0.4 is 0 Å². The monoisotopic (exact) mass is 4420 g/mol. The van der Waals surface area contributed by atoms with Crippen LogP contribution in [0.3, 0.4) is 0 Å². The third-order valence-electron chi connectivity index (χ3n) is 25.1. The Bertz CT molecular complexity index is 6040. The Labute approximate surface area is 1160 Å². The largest absolute Gasteiger partial charge is 0.464 e. The molecular weight excluding hydrogens is 4330 g/mol. The molecule has 4 aliphatic heterocycles. The van der Waals surface area contributed by atoms with Crippen molar-refractivity contribution >= 4 is 540 Å². The van der Waals surface area contributed by atoms with Crippen molar-refractivity contribution in [2.75, 3.05) is 197 Å². The molecule has 4 aliphatic carbocycles. The van der Waals surface area contributed by atoms with Crippen molar-refractivity contribution in [1.82, 2.24) is 19.6 Å². The summed E-state index contributed by atoms with van der Waals surface area (Å²) in [5, 5.41) is 0. The number of nitrogens with zero attached hydrogens (tertiary/aromatic N) is 4. The Balaban J connectivity index is 0.000000190. The molecule has 5 atom stereocenters. The molecular formula is C99H97I21N4O26. The molecule has 150 heavy (non-hydrogen) atoms. The molecule has 15 rings (SSSR count). The normalized spacial score (nSPS) is 19.1. The second-order valence-electron chi connectivity index (χ2n) is 35.7. The van der Waals surface area contributed by atoms with Gasteiger partial charge in [-0.05, 0) is 617 Å². The first-order valence-corrected chi connectivity index (χ1v) is 69.1. The fourth-order valence-electron chi connectivity index (χ4n) is 17.2. The number of halogens is 21. The molecule has 51 heteroatoms. The molecule has 8 fully saturated rings. The molecule has 30 nitrogen and oxygen atoms in total. The lowest BCUT2D eigenvalue weighted by atomic mass is 9.48. The minimum atomic E-state index is -1.41. The van der Waals surface area contributed by atoms with Crippen molar-refractivity contribution in [3.8, 4) is 0 Å². The fraction of sp³-hybridized carbons (Fsp3) is 0.465. The van der Waals surface area contributed by atoms with Crippen molar-refractivity contribution < 1.29 is 124 Å². The second kappa shape index (κ2) is 65.5. The summed E-state index contributed by atoms with van der Waals surface area (Å²) in [6, 6.07) is 26.4. The lowest BCUT2D eigenvalue weighted by Crippen LogP contribution is -2.60. The van der Waals surface area contributed by atoms with Crippen LogP contribution in [-0.2, 0) is 90.2 Å². The van der Waals surface area contributed by atoms with E-state index in [2.05, 4.69) is 500 Å². The number of morpholine rings is 4. The first kappa shape index (κ1) is 134. The maximum atomic E-state index is 13.5. The van der Waals surface area contributed by atoms with Gasteiger partial charge in [0.05, 0.1) is 97.2 Å². The molecule has 0 spiro atoms. The van der Waals surface area contributed by atoms with Gasteiger partial charge >= 0.3 is 65.7 Å². The van der Waals surface area contributed by atoms with Gasteiger partial charge in [0.25, 0.3) is 0 Å². The van der Waals surface area contributed by atoms with E-state index >= 15 is 0 Å². The maximum absolute atomic E-state index is 13.5. The van der Waals surface area contributed by atoms with E-state index in [4.69, 9.17) is 71.1 Å². The Morgan fingerprint density at radius 2 is 0.627 bits per heavy atom. The van der Waals surface area contributed by atoms with E-state index in [1.54, 1.807) is 32.0 Å². The van der Waals surface area contributed by atoms with E-state index in [-0.39, 0.29) is 77.8 Å². The molecule has 0 N–H and O–H groups in total. The fourth-order valence-corrected chi connectivity index (χ4v) is 33.7. The lowest BCUT2D eigenvalue weighted by Gasteiger charge is -2.59. The highest BCUT2D eigenvalue weighted by Gasteiger charge is 2.63. The quantitative estimate of drug-likeness (QED) is 0.0151. The Morgan fingerprint density at radius 1 is 0.333 bits per heavy atom. The third kappa shape index (κ3) is 39.1.